The van der Waals surface area contributed by atoms with Crippen molar-refractivity contribution < 1.29 is 50.7 Å². The van der Waals surface area contributed by atoms with Crippen molar-refractivity contribution in [3.63, 3.8) is 0 Å². The van der Waals surface area contributed by atoms with Gasteiger partial charge in [0.25, 0.3) is 0 Å². The lowest BCUT2D eigenvalue weighted by atomic mass is 9.58. The molecule has 4 atom stereocenters. The topological polar surface area (TPSA) is 87.1 Å². The van der Waals surface area contributed by atoms with Crippen molar-refractivity contribution in [1.29, 1.82) is 0 Å². The largest absolute Gasteiger partial charge is 0.507 e. The Hall–Kier alpha value is -3.58. The summed E-state index contributed by atoms with van der Waals surface area (Å²) < 4.78 is 87.6. The molecule has 0 bridgehead atoms. The maximum Gasteiger partial charge on any atom is 0.455 e. The molecule has 1 aliphatic carbocycles. The second kappa shape index (κ2) is 12.8. The number of allylic oxidation sites excluding steroid dienone is 2. The number of fused-ring (bicyclic) bond motifs is 3. The Morgan fingerprint density at radius 1 is 0.936 bits per heavy atom. The van der Waals surface area contributed by atoms with Crippen molar-refractivity contribution in [2.24, 2.45) is 17.8 Å². The number of phenols is 1. The van der Waals surface area contributed by atoms with Crippen molar-refractivity contribution in [3.8, 4) is 5.75 Å². The first kappa shape index (κ1) is 34.8. The summed E-state index contributed by atoms with van der Waals surface area (Å²) in [7, 11) is -1.29. The van der Waals surface area contributed by atoms with E-state index in [-0.39, 0.29) is 24.6 Å². The quantitative estimate of drug-likeness (QED) is 0.136. The lowest BCUT2D eigenvalue weighted by molar-refractivity contribution is -0.143. The predicted octanol–water partition coefficient (Wildman–Crippen LogP) is 8.03. The summed E-state index contributed by atoms with van der Waals surface area (Å²) in [6.45, 7) is 7.47. The van der Waals surface area contributed by atoms with Crippen LogP contribution in [0, 0.1) is 31.6 Å². The van der Waals surface area contributed by atoms with Gasteiger partial charge in [-0.3, -0.25) is 9.59 Å². The molecule has 13 heteroatoms. The number of aromatic hydroxyl groups is 1. The van der Waals surface area contributed by atoms with E-state index in [9.17, 15) is 46.1 Å². The van der Waals surface area contributed by atoms with Gasteiger partial charge in [0.15, 0.2) is 0 Å². The number of hydrogen-bond donors (Lipinski definition) is 2. The molecule has 2 N–H and O–H groups in total. The summed E-state index contributed by atoms with van der Waals surface area (Å²) in [5.74, 6) is -4.27. The molecule has 2 amide bonds. The van der Waals surface area contributed by atoms with Gasteiger partial charge in [0.2, 0.25) is 11.8 Å². The summed E-state index contributed by atoms with van der Waals surface area (Å²) in [5.41, 5.74) is 0.991. The molecule has 2 saturated heterocycles. The molecule has 252 valence electrons. The molecule has 0 aromatic heterocycles. The average Bonchev–Trinajstić information content (AvgIpc) is 3.22. The number of carbonyl (C=O) groups excluding carboxylic acids is 2. The van der Waals surface area contributed by atoms with E-state index in [1.54, 1.807) is 6.92 Å². The van der Waals surface area contributed by atoms with Gasteiger partial charge in [-0.15, -0.1) is 0 Å². The van der Waals surface area contributed by atoms with Crippen LogP contribution in [0.5, 0.6) is 5.75 Å². The summed E-state index contributed by atoms with van der Waals surface area (Å²) in [4.78, 5) is 27.9. The van der Waals surface area contributed by atoms with E-state index >= 15 is 0 Å². The van der Waals surface area contributed by atoms with E-state index < -0.39 is 72.0 Å². The molecular formula is C34H36BF6NO5. The minimum Gasteiger partial charge on any atom is -0.507 e. The maximum absolute atomic E-state index is 13.9. The molecule has 0 unspecified atom stereocenters. The maximum atomic E-state index is 13.9. The molecule has 0 spiro atoms. The number of benzene rings is 2. The Morgan fingerprint density at radius 3 is 2.09 bits per heavy atom. The highest BCUT2D eigenvalue weighted by Crippen LogP contribution is 2.52. The van der Waals surface area contributed by atoms with Crippen LogP contribution >= 0.6 is 0 Å². The second-order valence-electron chi connectivity index (χ2n) is 12.9. The number of amides is 2. The van der Waals surface area contributed by atoms with Gasteiger partial charge in [0.1, 0.15) is 5.75 Å². The lowest BCUT2D eigenvalue weighted by Gasteiger charge is -2.42. The zero-order valence-electron chi connectivity index (χ0n) is 26.4. The van der Waals surface area contributed by atoms with Crippen molar-refractivity contribution in [2.75, 3.05) is 4.90 Å². The Labute approximate surface area is 269 Å². The van der Waals surface area contributed by atoms with Gasteiger partial charge in [-0.05, 0) is 111 Å². The van der Waals surface area contributed by atoms with Gasteiger partial charge >= 0.3 is 19.5 Å². The molecular weight excluding hydrogens is 627 g/mol. The minimum absolute atomic E-state index is 0.0443. The van der Waals surface area contributed by atoms with E-state index in [1.807, 2.05) is 32.9 Å². The summed E-state index contributed by atoms with van der Waals surface area (Å²) in [5, 5.41) is 20.9. The van der Waals surface area contributed by atoms with Crippen LogP contribution in [0.2, 0.25) is 6.32 Å². The highest BCUT2D eigenvalue weighted by atomic mass is 19.4. The molecule has 2 aliphatic heterocycles. The van der Waals surface area contributed by atoms with E-state index in [0.29, 0.717) is 29.9 Å². The molecule has 5 rings (SSSR count). The number of phenolic OH excluding ortho intramolecular Hbond substituents is 1. The van der Waals surface area contributed by atoms with Crippen molar-refractivity contribution >= 4 is 30.7 Å². The number of halogens is 6. The number of imide groups is 1. The molecule has 47 heavy (non-hydrogen) atoms. The van der Waals surface area contributed by atoms with Crippen LogP contribution in [-0.4, -0.2) is 35.2 Å². The molecule has 3 aliphatic rings. The number of hydrogen-bond acceptors (Lipinski definition) is 5. The summed E-state index contributed by atoms with van der Waals surface area (Å²) in [6.07, 6.45) is -6.17. The molecule has 2 fully saturated rings. The van der Waals surface area contributed by atoms with E-state index in [2.05, 4.69) is 6.08 Å². The Kier molecular flexibility index (Phi) is 9.46. The second-order valence-corrected chi connectivity index (χ2v) is 12.9. The van der Waals surface area contributed by atoms with Crippen LogP contribution in [0.25, 0.3) is 6.08 Å². The van der Waals surface area contributed by atoms with Crippen molar-refractivity contribution in [2.45, 2.75) is 84.6 Å². The molecule has 2 aromatic carbocycles. The number of aryl methyl sites for hydroxylation is 2. The highest BCUT2D eigenvalue weighted by molar-refractivity contribution is 6.43. The van der Waals surface area contributed by atoms with Crippen LogP contribution < -0.4 is 4.90 Å². The fraction of sp³-hybridized carbons (Fsp3) is 0.471. The Bertz CT molecular complexity index is 1590. The zero-order valence-corrected chi connectivity index (χ0v) is 26.4. The number of alkyl halides is 6. The van der Waals surface area contributed by atoms with Gasteiger partial charge in [-0.2, -0.15) is 26.3 Å². The Morgan fingerprint density at radius 2 is 1.53 bits per heavy atom. The van der Waals surface area contributed by atoms with Crippen LogP contribution in [0.3, 0.4) is 0 Å². The molecule has 2 heterocycles. The van der Waals surface area contributed by atoms with Gasteiger partial charge in [0, 0.05) is 0 Å². The van der Waals surface area contributed by atoms with Crippen LogP contribution in [-0.2, 0) is 26.6 Å². The molecule has 2 aromatic rings. The predicted molar refractivity (Wildman–Crippen MR) is 164 cm³/mol. The third-order valence-electron chi connectivity index (χ3n) is 9.47. The van der Waals surface area contributed by atoms with Crippen LogP contribution in [0.1, 0.15) is 73.8 Å². The van der Waals surface area contributed by atoms with Gasteiger partial charge in [-0.1, -0.05) is 30.6 Å². The molecule has 6 nitrogen and oxygen atoms in total. The summed E-state index contributed by atoms with van der Waals surface area (Å²) >= 11 is 0. The SMILES string of the molecule is CCC/C(=C\c1cc(C)c(O)c(C)c1)CC[C@H]1OB(O)C[C@H]2C1=C(C)C[C@H]1C(=O)N(c3cc(C(F)(F)F)cc(C(F)(F)F)c3)C(=O)[C@H]12. The van der Waals surface area contributed by atoms with Crippen molar-refractivity contribution in [1.82, 2.24) is 0 Å². The monoisotopic (exact) mass is 663 g/mol. The van der Waals surface area contributed by atoms with Crippen LogP contribution in [0.15, 0.2) is 47.1 Å². The number of carbonyl (C=O) groups is 2. The third kappa shape index (κ3) is 6.87. The highest BCUT2D eigenvalue weighted by Gasteiger charge is 2.57. The first-order valence-corrected chi connectivity index (χ1v) is 15.6. The molecule has 0 radical (unpaired) electrons. The first-order chi connectivity index (χ1) is 21.9. The number of nitrogens with zero attached hydrogens (tertiary/aromatic N) is 1. The standard InChI is InChI=1S/C34H36BF6NO5/c1-5-6-20(12-21-9-18(3)30(43)19(4)10-21)7-8-27-28-17(2)11-25-29(26(28)16-35(46)47-27)32(45)42(31(25)44)24-14-22(33(36,37)38)13-23(15-24)34(39,40)41/h9-10,12-15,25-27,29,43,46H,5-8,11,16H2,1-4H3/b20-12+/t25-,26+,27-,29-/m1/s1. The summed E-state index contributed by atoms with van der Waals surface area (Å²) in [6, 6.07) is 4.52. The smallest absolute Gasteiger partial charge is 0.455 e. The normalized spacial score (nSPS) is 23.9. The lowest BCUT2D eigenvalue weighted by Crippen LogP contribution is -2.46. The van der Waals surface area contributed by atoms with Crippen molar-refractivity contribution in [3.05, 3.63) is 74.9 Å². The fourth-order valence-electron chi connectivity index (χ4n) is 7.46. The third-order valence-corrected chi connectivity index (χ3v) is 9.47. The van der Waals surface area contributed by atoms with Gasteiger partial charge in [0.05, 0.1) is 34.8 Å². The number of rotatable bonds is 7. The van der Waals surface area contributed by atoms with E-state index in [1.165, 1.54) is 0 Å². The van der Waals surface area contributed by atoms with E-state index in [0.717, 1.165) is 46.3 Å². The van der Waals surface area contributed by atoms with Gasteiger partial charge in [-0.25, -0.2) is 4.90 Å². The first-order valence-electron chi connectivity index (χ1n) is 15.6. The fourth-order valence-corrected chi connectivity index (χ4v) is 7.46. The van der Waals surface area contributed by atoms with Gasteiger partial charge < -0.3 is 14.8 Å². The molecule has 0 saturated carbocycles. The average molecular weight is 663 g/mol. The van der Waals surface area contributed by atoms with Crippen LogP contribution in [0.4, 0.5) is 32.0 Å². The zero-order chi connectivity index (χ0) is 34.6. The number of anilines is 1. The minimum atomic E-state index is -5.15. The van der Waals surface area contributed by atoms with E-state index in [4.69, 9.17) is 4.65 Å². The Balaban J connectivity index is 1.44.